The van der Waals surface area contributed by atoms with Crippen LogP contribution in [0, 0.1) is 6.92 Å². The smallest absolute Gasteiger partial charge is 0.256 e. The Balaban J connectivity index is 1.39. The maximum Gasteiger partial charge on any atom is 0.256 e. The summed E-state index contributed by atoms with van der Waals surface area (Å²) in [5.74, 6) is 0.460. The first-order valence-corrected chi connectivity index (χ1v) is 14.6. The van der Waals surface area contributed by atoms with Crippen molar-refractivity contribution in [2.75, 3.05) is 34.8 Å². The van der Waals surface area contributed by atoms with E-state index in [9.17, 15) is 18.3 Å². The van der Waals surface area contributed by atoms with Gasteiger partial charge in [0.15, 0.2) is 5.82 Å². The highest BCUT2D eigenvalue weighted by atomic mass is 35.5. The molecule has 0 radical (unpaired) electrons. The minimum atomic E-state index is -3.49. The standard InChI is InChI=1S/C26H28ClN7O4S/c1-15-23(25(36)34-11-5-6-17(34)14-35)18-10-9-16(12-22(18)29-15)30-26-28-13-19(27)24(32-26)31-20-7-3-4-8-21(20)33-39(2,37)38/h3-4,7-10,12-13,17,29,33,35H,5-6,11,14H2,1-2H3,(H2,28,30,31,32)/t17-/m1/s1. The number of H-pyrrole nitrogens is 1. The van der Waals surface area contributed by atoms with E-state index in [-0.39, 0.29) is 35.3 Å². The molecule has 1 saturated heterocycles. The summed E-state index contributed by atoms with van der Waals surface area (Å²) in [6.07, 6.45) is 4.19. The number of aromatic nitrogens is 3. The normalized spacial score (nSPS) is 15.5. The second-order valence-electron chi connectivity index (χ2n) is 9.42. The van der Waals surface area contributed by atoms with Crippen LogP contribution >= 0.6 is 11.6 Å². The summed E-state index contributed by atoms with van der Waals surface area (Å²) in [6.45, 7) is 2.45. The number of rotatable bonds is 8. The average molecular weight is 570 g/mol. The fourth-order valence-electron chi connectivity index (χ4n) is 4.77. The number of para-hydroxylation sites is 2. The minimum absolute atomic E-state index is 0.0427. The third-order valence-electron chi connectivity index (χ3n) is 6.52. The van der Waals surface area contributed by atoms with Gasteiger partial charge >= 0.3 is 0 Å². The molecule has 0 saturated carbocycles. The summed E-state index contributed by atoms with van der Waals surface area (Å²) in [4.78, 5) is 27.1. The van der Waals surface area contributed by atoms with Crippen LogP contribution in [-0.2, 0) is 10.0 Å². The van der Waals surface area contributed by atoms with E-state index in [1.807, 2.05) is 25.1 Å². The van der Waals surface area contributed by atoms with Gasteiger partial charge in [-0.2, -0.15) is 4.98 Å². The molecule has 5 rings (SSSR count). The van der Waals surface area contributed by atoms with Crippen LogP contribution in [0.25, 0.3) is 10.9 Å². The zero-order valence-corrected chi connectivity index (χ0v) is 22.9. The lowest BCUT2D eigenvalue weighted by atomic mass is 10.1. The van der Waals surface area contributed by atoms with Crippen LogP contribution < -0.4 is 15.4 Å². The molecule has 1 atom stereocenters. The number of amides is 1. The number of likely N-dealkylation sites (tertiary alicyclic amines) is 1. The number of aromatic amines is 1. The predicted octanol–water partition coefficient (Wildman–Crippen LogP) is 4.38. The van der Waals surface area contributed by atoms with Gasteiger partial charge in [0.25, 0.3) is 5.91 Å². The molecule has 0 aliphatic carbocycles. The molecule has 11 nitrogen and oxygen atoms in total. The first kappa shape index (κ1) is 26.7. The number of hydrogen-bond acceptors (Lipinski definition) is 8. The number of carbonyl (C=O) groups is 1. The van der Waals surface area contributed by atoms with Crippen LogP contribution in [0.15, 0.2) is 48.7 Å². The van der Waals surface area contributed by atoms with Crippen molar-refractivity contribution in [2.45, 2.75) is 25.8 Å². The van der Waals surface area contributed by atoms with Crippen molar-refractivity contribution in [3.8, 4) is 0 Å². The summed E-state index contributed by atoms with van der Waals surface area (Å²) < 4.78 is 26.0. The number of nitrogens with one attached hydrogen (secondary N) is 4. The Kier molecular flexibility index (Phi) is 7.34. The number of nitrogens with zero attached hydrogens (tertiary/aromatic N) is 3. The highest BCUT2D eigenvalue weighted by Gasteiger charge is 2.31. The second-order valence-corrected chi connectivity index (χ2v) is 11.6. The topological polar surface area (TPSA) is 152 Å². The molecule has 1 aliphatic rings. The number of fused-ring (bicyclic) bond motifs is 1. The number of halogens is 1. The number of aryl methyl sites for hydroxylation is 1. The van der Waals surface area contributed by atoms with E-state index >= 15 is 0 Å². The van der Waals surface area contributed by atoms with Crippen molar-refractivity contribution in [1.82, 2.24) is 19.9 Å². The summed E-state index contributed by atoms with van der Waals surface area (Å²) in [5, 5.41) is 16.9. The van der Waals surface area contributed by atoms with Crippen LogP contribution in [0.3, 0.4) is 0 Å². The van der Waals surface area contributed by atoms with Crippen LogP contribution in [0.5, 0.6) is 0 Å². The lowest BCUT2D eigenvalue weighted by Crippen LogP contribution is -2.37. The van der Waals surface area contributed by atoms with Crippen molar-refractivity contribution in [3.05, 3.63) is 64.9 Å². The Labute approximate surface area is 230 Å². The number of carbonyl (C=O) groups excluding carboxylic acids is 1. The van der Waals surface area contributed by atoms with Crippen molar-refractivity contribution in [1.29, 1.82) is 0 Å². The van der Waals surface area contributed by atoms with Crippen molar-refractivity contribution in [2.24, 2.45) is 0 Å². The molecule has 13 heteroatoms. The molecule has 0 bridgehead atoms. The Morgan fingerprint density at radius 1 is 1.21 bits per heavy atom. The molecule has 2 aromatic heterocycles. The Hall–Kier alpha value is -3.87. The SMILES string of the molecule is Cc1[nH]c2cc(Nc3ncc(Cl)c(Nc4ccccc4NS(C)(=O)=O)n3)ccc2c1C(=O)N1CCC[C@@H]1CO. The molecule has 0 spiro atoms. The van der Waals surface area contributed by atoms with E-state index in [4.69, 9.17) is 11.6 Å². The van der Waals surface area contributed by atoms with Gasteiger partial charge in [0, 0.05) is 28.8 Å². The fraction of sp³-hybridized carbons (Fsp3) is 0.269. The van der Waals surface area contributed by atoms with Crippen molar-refractivity contribution >= 4 is 67.3 Å². The minimum Gasteiger partial charge on any atom is -0.394 e. The van der Waals surface area contributed by atoms with Crippen LogP contribution in [0.4, 0.5) is 28.8 Å². The van der Waals surface area contributed by atoms with Gasteiger partial charge in [-0.3, -0.25) is 9.52 Å². The lowest BCUT2D eigenvalue weighted by Gasteiger charge is -2.23. The largest absolute Gasteiger partial charge is 0.394 e. The molecule has 3 heterocycles. The molecule has 204 valence electrons. The maximum atomic E-state index is 13.3. The van der Waals surface area contributed by atoms with Gasteiger partial charge in [0.05, 0.1) is 42.0 Å². The molecule has 1 fully saturated rings. The van der Waals surface area contributed by atoms with Crippen LogP contribution in [0.2, 0.25) is 5.02 Å². The molecule has 0 unspecified atom stereocenters. The van der Waals surface area contributed by atoms with Gasteiger partial charge in [-0.25, -0.2) is 13.4 Å². The first-order valence-electron chi connectivity index (χ1n) is 12.3. The van der Waals surface area contributed by atoms with E-state index in [0.29, 0.717) is 29.2 Å². The van der Waals surface area contributed by atoms with Gasteiger partial charge in [-0.15, -0.1) is 0 Å². The number of sulfonamides is 1. The number of hydrogen-bond donors (Lipinski definition) is 5. The molecule has 1 amide bonds. The molecule has 2 aromatic carbocycles. The number of aliphatic hydroxyl groups is 1. The predicted molar refractivity (Wildman–Crippen MR) is 153 cm³/mol. The van der Waals surface area contributed by atoms with E-state index in [1.165, 1.54) is 6.20 Å². The summed E-state index contributed by atoms with van der Waals surface area (Å²) in [5.41, 5.74) is 3.63. The molecule has 5 N–H and O–H groups in total. The first-order chi connectivity index (χ1) is 18.6. The zero-order valence-electron chi connectivity index (χ0n) is 21.3. The Bertz CT molecular complexity index is 1660. The van der Waals surface area contributed by atoms with Gasteiger partial charge < -0.3 is 25.6 Å². The van der Waals surface area contributed by atoms with Crippen LogP contribution in [-0.4, -0.2) is 64.7 Å². The summed E-state index contributed by atoms with van der Waals surface area (Å²) in [6, 6.07) is 12.2. The van der Waals surface area contributed by atoms with E-state index in [1.54, 1.807) is 29.2 Å². The van der Waals surface area contributed by atoms with E-state index in [0.717, 1.165) is 35.7 Å². The van der Waals surface area contributed by atoms with Crippen LogP contribution in [0.1, 0.15) is 28.9 Å². The molecular weight excluding hydrogens is 542 g/mol. The summed E-state index contributed by atoms with van der Waals surface area (Å²) >= 11 is 6.33. The quantitative estimate of drug-likeness (QED) is 0.210. The molecule has 39 heavy (non-hydrogen) atoms. The molecule has 1 aliphatic heterocycles. The number of benzene rings is 2. The highest BCUT2D eigenvalue weighted by molar-refractivity contribution is 7.92. The van der Waals surface area contributed by atoms with Gasteiger partial charge in [-0.1, -0.05) is 23.7 Å². The summed E-state index contributed by atoms with van der Waals surface area (Å²) in [7, 11) is -3.49. The van der Waals surface area contributed by atoms with E-state index in [2.05, 4.69) is 30.3 Å². The van der Waals surface area contributed by atoms with Gasteiger partial charge in [-0.05, 0) is 50.1 Å². The Morgan fingerprint density at radius 2 is 1.97 bits per heavy atom. The second kappa shape index (κ2) is 10.7. The highest BCUT2D eigenvalue weighted by Crippen LogP contribution is 2.32. The zero-order chi connectivity index (χ0) is 27.7. The van der Waals surface area contributed by atoms with Gasteiger partial charge in [0.1, 0.15) is 5.02 Å². The maximum absolute atomic E-state index is 13.3. The molecule has 4 aromatic rings. The van der Waals surface area contributed by atoms with Gasteiger partial charge in [0.2, 0.25) is 16.0 Å². The molecular formula is C26H28ClN7O4S. The number of aliphatic hydroxyl groups excluding tert-OH is 1. The van der Waals surface area contributed by atoms with Crippen molar-refractivity contribution < 1.29 is 18.3 Å². The van der Waals surface area contributed by atoms with E-state index < -0.39 is 10.0 Å². The van der Waals surface area contributed by atoms with Crippen molar-refractivity contribution in [3.63, 3.8) is 0 Å². The Morgan fingerprint density at radius 3 is 2.72 bits per heavy atom. The third-order valence-corrected chi connectivity index (χ3v) is 7.39. The monoisotopic (exact) mass is 569 g/mol. The third kappa shape index (κ3) is 5.77. The number of anilines is 5. The lowest BCUT2D eigenvalue weighted by molar-refractivity contribution is 0.0679. The average Bonchev–Trinajstić information content (AvgIpc) is 3.49. The fourth-order valence-corrected chi connectivity index (χ4v) is 5.49.